The van der Waals surface area contributed by atoms with E-state index in [1.165, 1.54) is 4.88 Å². The Morgan fingerprint density at radius 1 is 1.60 bits per heavy atom. The molecule has 0 bridgehead atoms. The summed E-state index contributed by atoms with van der Waals surface area (Å²) >= 11 is 1.59. The zero-order valence-electron chi connectivity index (χ0n) is 9.08. The van der Waals surface area contributed by atoms with Crippen LogP contribution in [0.1, 0.15) is 10.6 Å². The first-order valence-electron chi connectivity index (χ1n) is 5.15. The fourth-order valence-electron chi connectivity index (χ4n) is 1.40. The molecule has 84 valence electrons. The van der Waals surface area contributed by atoms with E-state index in [0.717, 1.165) is 30.6 Å². The summed E-state index contributed by atoms with van der Waals surface area (Å²) < 4.78 is 11.1. The smallest absolute Gasteiger partial charge is 0.273 e. The minimum Gasteiger partial charge on any atom is -0.467 e. The highest BCUT2D eigenvalue weighted by Crippen LogP contribution is 2.23. The molecule has 2 rings (SSSR count). The summed E-state index contributed by atoms with van der Waals surface area (Å²) in [5.41, 5.74) is 1.05. The maximum absolute atomic E-state index is 5.59. The molecule has 1 N–H and O–H groups in total. The number of aromatic nitrogens is 1. The molecule has 2 heterocycles. The molecule has 4 nitrogen and oxygen atoms in total. The van der Waals surface area contributed by atoms with Crippen LogP contribution in [0.4, 0.5) is 0 Å². The van der Waals surface area contributed by atoms with Gasteiger partial charge in [0.15, 0.2) is 0 Å². The molecule has 0 aliphatic carbocycles. The molecule has 0 radical (unpaired) electrons. The standard InChI is InChI=1S/C10H16N2O2S/c1-7-8(2)15-10(12-7)14-6-9-5-11-3-4-13-9/h9,11H,3-6H2,1-2H3. The van der Waals surface area contributed by atoms with Crippen molar-refractivity contribution in [3.63, 3.8) is 0 Å². The van der Waals surface area contributed by atoms with Crippen molar-refractivity contribution >= 4 is 11.3 Å². The number of hydrogen-bond acceptors (Lipinski definition) is 5. The van der Waals surface area contributed by atoms with Crippen molar-refractivity contribution in [1.82, 2.24) is 10.3 Å². The lowest BCUT2D eigenvalue weighted by Crippen LogP contribution is -2.41. The number of hydrogen-bond donors (Lipinski definition) is 1. The van der Waals surface area contributed by atoms with Crippen molar-refractivity contribution in [2.45, 2.75) is 20.0 Å². The number of thiazole rings is 1. The van der Waals surface area contributed by atoms with Crippen LogP contribution in [-0.2, 0) is 4.74 Å². The summed E-state index contributed by atoms with van der Waals surface area (Å²) in [5.74, 6) is 0. The van der Waals surface area contributed by atoms with Crippen LogP contribution in [0.2, 0.25) is 0 Å². The summed E-state index contributed by atoms with van der Waals surface area (Å²) in [6.45, 7) is 7.20. The highest BCUT2D eigenvalue weighted by Gasteiger charge is 2.15. The van der Waals surface area contributed by atoms with Gasteiger partial charge in [-0.1, -0.05) is 11.3 Å². The molecule has 0 saturated carbocycles. The van der Waals surface area contributed by atoms with Crippen LogP contribution in [-0.4, -0.2) is 37.4 Å². The third kappa shape index (κ3) is 2.90. The van der Waals surface area contributed by atoms with Gasteiger partial charge in [-0.15, -0.1) is 0 Å². The van der Waals surface area contributed by atoms with Gasteiger partial charge in [0, 0.05) is 18.0 Å². The third-order valence-electron chi connectivity index (χ3n) is 2.41. The topological polar surface area (TPSA) is 43.4 Å². The van der Waals surface area contributed by atoms with Crippen molar-refractivity contribution in [3.8, 4) is 5.19 Å². The summed E-state index contributed by atoms with van der Waals surface area (Å²) in [6.07, 6.45) is 0.156. The van der Waals surface area contributed by atoms with Gasteiger partial charge in [-0.05, 0) is 13.8 Å². The first-order chi connectivity index (χ1) is 7.25. The average molecular weight is 228 g/mol. The van der Waals surface area contributed by atoms with Crippen molar-refractivity contribution < 1.29 is 9.47 Å². The van der Waals surface area contributed by atoms with E-state index in [1.54, 1.807) is 11.3 Å². The predicted molar refractivity (Wildman–Crippen MR) is 59.7 cm³/mol. The van der Waals surface area contributed by atoms with Crippen molar-refractivity contribution in [1.29, 1.82) is 0 Å². The Labute approximate surface area is 93.6 Å². The fraction of sp³-hybridized carbons (Fsp3) is 0.700. The zero-order valence-corrected chi connectivity index (χ0v) is 9.89. The van der Waals surface area contributed by atoms with Crippen LogP contribution >= 0.6 is 11.3 Å². The Kier molecular flexibility index (Phi) is 3.56. The molecule has 1 atom stereocenters. The second kappa shape index (κ2) is 4.92. The lowest BCUT2D eigenvalue weighted by molar-refractivity contribution is 0.000134. The van der Waals surface area contributed by atoms with Crippen LogP contribution in [0.15, 0.2) is 0 Å². The van der Waals surface area contributed by atoms with Gasteiger partial charge in [0.25, 0.3) is 5.19 Å². The van der Waals surface area contributed by atoms with Crippen LogP contribution in [0.3, 0.4) is 0 Å². The van der Waals surface area contributed by atoms with Crippen LogP contribution in [0.25, 0.3) is 0 Å². The molecule has 1 fully saturated rings. The van der Waals surface area contributed by atoms with Crippen LogP contribution in [0, 0.1) is 13.8 Å². The molecule has 1 aliphatic heterocycles. The van der Waals surface area contributed by atoms with Gasteiger partial charge in [-0.2, -0.15) is 0 Å². The second-order valence-electron chi connectivity index (χ2n) is 3.63. The van der Waals surface area contributed by atoms with E-state index in [-0.39, 0.29) is 6.10 Å². The van der Waals surface area contributed by atoms with E-state index in [0.29, 0.717) is 6.61 Å². The number of nitrogens with one attached hydrogen (secondary N) is 1. The Morgan fingerprint density at radius 2 is 2.47 bits per heavy atom. The lowest BCUT2D eigenvalue weighted by Gasteiger charge is -2.22. The average Bonchev–Trinajstić information content (AvgIpc) is 2.57. The molecule has 0 aromatic carbocycles. The molecule has 1 unspecified atom stereocenters. The number of nitrogens with zero attached hydrogens (tertiary/aromatic N) is 1. The molecular formula is C10H16N2O2S. The van der Waals surface area contributed by atoms with E-state index in [1.807, 2.05) is 6.92 Å². The molecular weight excluding hydrogens is 212 g/mol. The van der Waals surface area contributed by atoms with Gasteiger partial charge in [0.1, 0.15) is 12.7 Å². The highest BCUT2D eigenvalue weighted by atomic mass is 32.1. The Morgan fingerprint density at radius 3 is 3.07 bits per heavy atom. The Bertz CT molecular complexity index is 302. The molecule has 0 amide bonds. The third-order valence-corrected chi connectivity index (χ3v) is 3.39. The van der Waals surface area contributed by atoms with Gasteiger partial charge in [0.2, 0.25) is 0 Å². The molecule has 1 saturated heterocycles. The molecule has 0 spiro atoms. The SMILES string of the molecule is Cc1nc(OCC2CNCCO2)sc1C. The number of aryl methyl sites for hydroxylation is 2. The minimum absolute atomic E-state index is 0.156. The second-order valence-corrected chi connectivity index (χ2v) is 4.80. The van der Waals surface area contributed by atoms with Crippen LogP contribution in [0.5, 0.6) is 5.19 Å². The van der Waals surface area contributed by atoms with E-state index < -0.39 is 0 Å². The quantitative estimate of drug-likeness (QED) is 0.842. The van der Waals surface area contributed by atoms with Crippen LogP contribution < -0.4 is 10.1 Å². The largest absolute Gasteiger partial charge is 0.467 e. The van der Waals surface area contributed by atoms with Gasteiger partial charge >= 0.3 is 0 Å². The molecule has 1 aromatic heterocycles. The maximum Gasteiger partial charge on any atom is 0.273 e. The molecule has 1 aliphatic rings. The summed E-state index contributed by atoms with van der Waals surface area (Å²) in [4.78, 5) is 5.53. The summed E-state index contributed by atoms with van der Waals surface area (Å²) in [6, 6.07) is 0. The Hall–Kier alpha value is -0.650. The first kappa shape index (κ1) is 10.9. The lowest BCUT2D eigenvalue weighted by atomic mass is 10.3. The normalized spacial score (nSPS) is 21.6. The number of ether oxygens (including phenoxy) is 2. The Balaban J connectivity index is 1.81. The van der Waals surface area contributed by atoms with Crippen molar-refractivity contribution in [2.24, 2.45) is 0 Å². The minimum atomic E-state index is 0.156. The molecule has 1 aromatic rings. The van der Waals surface area contributed by atoms with Crippen molar-refractivity contribution in [3.05, 3.63) is 10.6 Å². The molecule has 15 heavy (non-hydrogen) atoms. The van der Waals surface area contributed by atoms with Gasteiger partial charge in [-0.25, -0.2) is 4.98 Å². The fourth-order valence-corrected chi connectivity index (χ4v) is 2.16. The summed E-state index contributed by atoms with van der Waals surface area (Å²) in [5, 5.41) is 4.01. The monoisotopic (exact) mass is 228 g/mol. The predicted octanol–water partition coefficient (Wildman–Crippen LogP) is 1.13. The highest BCUT2D eigenvalue weighted by molar-refractivity contribution is 7.13. The van der Waals surface area contributed by atoms with E-state index >= 15 is 0 Å². The number of morpholine rings is 1. The first-order valence-corrected chi connectivity index (χ1v) is 5.96. The van der Waals surface area contributed by atoms with Gasteiger partial charge in [-0.3, -0.25) is 0 Å². The number of rotatable bonds is 3. The maximum atomic E-state index is 5.59. The van der Waals surface area contributed by atoms with E-state index in [2.05, 4.69) is 17.2 Å². The van der Waals surface area contributed by atoms with Gasteiger partial charge < -0.3 is 14.8 Å². The van der Waals surface area contributed by atoms with E-state index in [4.69, 9.17) is 9.47 Å². The summed E-state index contributed by atoms with van der Waals surface area (Å²) in [7, 11) is 0. The zero-order chi connectivity index (χ0) is 10.7. The molecule has 5 heteroatoms. The van der Waals surface area contributed by atoms with E-state index in [9.17, 15) is 0 Å². The van der Waals surface area contributed by atoms with Gasteiger partial charge in [0.05, 0.1) is 12.3 Å². The van der Waals surface area contributed by atoms with Crippen molar-refractivity contribution in [2.75, 3.05) is 26.3 Å².